The predicted octanol–water partition coefficient (Wildman–Crippen LogP) is 13.3. The molecule has 0 aliphatic heterocycles. The molecule has 4 aliphatic rings. The maximum atomic E-state index is 12.7. The van der Waals surface area contributed by atoms with Gasteiger partial charge in [0.05, 0.1) is 0 Å². The summed E-state index contributed by atoms with van der Waals surface area (Å²) in [6, 6.07) is 61.0. The molecule has 0 atom stereocenters. The molecule has 4 saturated carbocycles. The molecule has 4 aliphatic carbocycles. The Morgan fingerprint density at radius 3 is 1.35 bits per heavy atom. The van der Waals surface area contributed by atoms with Crippen molar-refractivity contribution in [1.29, 1.82) is 0 Å². The van der Waals surface area contributed by atoms with Gasteiger partial charge in [-0.25, -0.2) is 15.0 Å². The van der Waals surface area contributed by atoms with Gasteiger partial charge in [0.2, 0.25) is 0 Å². The van der Waals surface area contributed by atoms with Crippen LogP contribution in [0.4, 0.5) is 0 Å². The third-order valence-electron chi connectivity index (χ3n) is 14.1. The van der Waals surface area contributed by atoms with E-state index in [0.29, 0.717) is 29.3 Å². The summed E-state index contributed by atoms with van der Waals surface area (Å²) in [6.45, 7) is 3.68. The van der Waals surface area contributed by atoms with Gasteiger partial charge in [0.1, 0.15) is 7.14 Å². The van der Waals surface area contributed by atoms with E-state index in [0.717, 1.165) is 50.3 Å². The van der Waals surface area contributed by atoms with Crippen LogP contribution in [0.2, 0.25) is 0 Å². The van der Waals surface area contributed by atoms with E-state index in [1.807, 2.05) is 31.5 Å². The molecule has 5 heteroatoms. The van der Waals surface area contributed by atoms with Crippen molar-refractivity contribution in [3.8, 4) is 56.4 Å². The summed E-state index contributed by atoms with van der Waals surface area (Å²) in [4.78, 5) is 15.5. The maximum Gasteiger partial charge on any atom is 0.164 e. The van der Waals surface area contributed by atoms with Crippen molar-refractivity contribution in [1.82, 2.24) is 15.0 Å². The zero-order chi connectivity index (χ0) is 40.4. The molecule has 7 aromatic carbocycles. The van der Waals surface area contributed by atoms with Gasteiger partial charge in [-0.05, 0) is 119 Å². The summed E-state index contributed by atoms with van der Waals surface area (Å²) in [5.41, 5.74) is 10.4. The van der Waals surface area contributed by atoms with E-state index in [2.05, 4.69) is 152 Å². The minimum atomic E-state index is -2.30. The number of rotatable bonds is 8. The Bertz CT molecular complexity index is 2870. The normalized spacial score (nSPS) is 22.0. The second-order valence-corrected chi connectivity index (χ2v) is 21.3. The topological polar surface area (TPSA) is 55.7 Å². The summed E-state index contributed by atoms with van der Waals surface area (Å²) in [5.74, 6) is 4.96. The highest BCUT2D eigenvalue weighted by atomic mass is 31.2. The van der Waals surface area contributed by atoms with E-state index in [1.165, 1.54) is 59.7 Å². The van der Waals surface area contributed by atoms with Gasteiger partial charge >= 0.3 is 0 Å². The third-order valence-corrected chi connectivity index (χ3v) is 15.7. The number of hydrogen-bond donors (Lipinski definition) is 0. The van der Waals surface area contributed by atoms with Gasteiger partial charge in [0.25, 0.3) is 0 Å². The van der Waals surface area contributed by atoms with Crippen LogP contribution >= 0.6 is 7.14 Å². The van der Waals surface area contributed by atoms with E-state index in [9.17, 15) is 4.57 Å². The van der Waals surface area contributed by atoms with E-state index >= 15 is 0 Å². The Morgan fingerprint density at radius 1 is 0.417 bits per heavy atom. The molecule has 60 heavy (non-hydrogen) atoms. The molecular weight excluding hydrogens is 750 g/mol. The lowest BCUT2D eigenvalue weighted by atomic mass is 9.42. The van der Waals surface area contributed by atoms with Crippen molar-refractivity contribution in [2.75, 3.05) is 13.3 Å². The van der Waals surface area contributed by atoms with Crippen LogP contribution in [0.3, 0.4) is 0 Å². The van der Waals surface area contributed by atoms with Crippen LogP contribution in [0.1, 0.15) is 43.2 Å². The van der Waals surface area contributed by atoms with Crippen molar-refractivity contribution in [3.05, 3.63) is 181 Å². The lowest BCUT2D eigenvalue weighted by Crippen LogP contribution is -2.56. The summed E-state index contributed by atoms with van der Waals surface area (Å²) >= 11 is 0. The minimum Gasteiger partial charge on any atom is -0.319 e. The molecule has 12 rings (SSSR count). The molecule has 4 bridgehead atoms. The fourth-order valence-electron chi connectivity index (χ4n) is 11.4. The molecule has 8 aromatic rings. The standard InChI is InChI=1S/C55H48N3OP/c1-60(2,59)51-28-22-42(23-29-51)41-18-24-47(25-19-41)55(49-31-36-30-37(33-49)34-50(55)32-36)48-26-20-44(21-27-48)53-56-52(43-15-12-40(13-16-43)38-8-4-3-5-9-38)57-54(58-53)46-17-14-39-10-6-7-11-45(39)35-46/h3-29,35-37,49-50H,30-34H2,1-2H3. The fourth-order valence-corrected chi connectivity index (χ4v) is 12.3. The highest BCUT2D eigenvalue weighted by Crippen LogP contribution is 2.65. The Morgan fingerprint density at radius 2 is 0.817 bits per heavy atom. The molecule has 0 unspecified atom stereocenters. The molecule has 1 aromatic heterocycles. The quantitative estimate of drug-likeness (QED) is 0.144. The zero-order valence-electron chi connectivity index (χ0n) is 34.2. The summed E-state index contributed by atoms with van der Waals surface area (Å²) in [6.07, 6.45) is 6.64. The van der Waals surface area contributed by atoms with E-state index in [4.69, 9.17) is 15.0 Å². The molecule has 1 heterocycles. The lowest BCUT2D eigenvalue weighted by molar-refractivity contribution is -0.0418. The number of hydrogen-bond acceptors (Lipinski definition) is 4. The van der Waals surface area contributed by atoms with Gasteiger partial charge in [-0.2, -0.15) is 0 Å². The minimum absolute atomic E-state index is 0.0353. The van der Waals surface area contributed by atoms with Gasteiger partial charge in [-0.15, -0.1) is 0 Å². The molecule has 4 nitrogen and oxygen atoms in total. The largest absolute Gasteiger partial charge is 0.319 e. The SMILES string of the molecule is CP(C)(=O)c1ccc(-c2ccc(C3(c4ccc(-c5nc(-c6ccc(-c7ccccc7)cc6)nc(-c6ccc7ccccc7c6)n5)cc4)C4CC5CC(C4)CC3C5)cc2)cc1. The van der Waals surface area contributed by atoms with Crippen LogP contribution in [0.25, 0.3) is 67.2 Å². The first-order valence-corrected chi connectivity index (χ1v) is 24.2. The van der Waals surface area contributed by atoms with Crippen LogP contribution in [0.15, 0.2) is 170 Å². The molecule has 0 spiro atoms. The summed E-state index contributed by atoms with van der Waals surface area (Å²) < 4.78 is 12.7. The summed E-state index contributed by atoms with van der Waals surface area (Å²) in [7, 11) is -2.30. The molecule has 4 fully saturated rings. The average molecular weight is 798 g/mol. The Balaban J connectivity index is 0.985. The number of aromatic nitrogens is 3. The smallest absolute Gasteiger partial charge is 0.164 e. The molecule has 294 valence electrons. The molecule has 0 N–H and O–H groups in total. The van der Waals surface area contributed by atoms with Crippen LogP contribution in [0.5, 0.6) is 0 Å². The van der Waals surface area contributed by atoms with Gasteiger partial charge in [0, 0.05) is 27.4 Å². The van der Waals surface area contributed by atoms with Gasteiger partial charge in [-0.3, -0.25) is 0 Å². The predicted molar refractivity (Wildman–Crippen MR) is 248 cm³/mol. The van der Waals surface area contributed by atoms with Crippen molar-refractivity contribution in [3.63, 3.8) is 0 Å². The first kappa shape index (κ1) is 37.1. The van der Waals surface area contributed by atoms with Crippen LogP contribution in [-0.4, -0.2) is 28.3 Å². The van der Waals surface area contributed by atoms with Crippen LogP contribution in [0, 0.1) is 23.7 Å². The van der Waals surface area contributed by atoms with Gasteiger partial charge < -0.3 is 4.57 Å². The number of benzene rings is 7. The Kier molecular flexibility index (Phi) is 9.05. The fraction of sp³-hybridized carbons (Fsp3) is 0.218. The molecule has 0 amide bonds. The van der Waals surface area contributed by atoms with Crippen molar-refractivity contribution in [2.24, 2.45) is 23.7 Å². The Labute approximate surface area is 353 Å². The molecule has 0 saturated heterocycles. The average Bonchev–Trinajstić information content (AvgIpc) is 3.29. The molecular formula is C55H48N3OP. The molecule has 0 radical (unpaired) electrons. The van der Waals surface area contributed by atoms with E-state index in [-0.39, 0.29) is 5.41 Å². The van der Waals surface area contributed by atoms with Crippen molar-refractivity contribution in [2.45, 2.75) is 37.5 Å². The highest BCUT2D eigenvalue weighted by molar-refractivity contribution is 7.70. The lowest BCUT2D eigenvalue weighted by Gasteiger charge is -2.62. The van der Waals surface area contributed by atoms with Crippen molar-refractivity contribution >= 4 is 23.2 Å². The van der Waals surface area contributed by atoms with Gasteiger partial charge in [0.15, 0.2) is 17.5 Å². The highest BCUT2D eigenvalue weighted by Gasteiger charge is 2.58. The van der Waals surface area contributed by atoms with Crippen molar-refractivity contribution < 1.29 is 4.57 Å². The van der Waals surface area contributed by atoms with E-state index < -0.39 is 7.14 Å². The van der Waals surface area contributed by atoms with Gasteiger partial charge in [-0.1, -0.05) is 164 Å². The number of nitrogens with zero attached hydrogens (tertiary/aromatic N) is 3. The number of fused-ring (bicyclic) bond motifs is 1. The third kappa shape index (κ3) is 6.53. The second-order valence-electron chi connectivity index (χ2n) is 18.0. The Hall–Kier alpha value is -5.96. The first-order valence-electron chi connectivity index (χ1n) is 21.6. The second kappa shape index (κ2) is 14.6. The van der Waals surface area contributed by atoms with Crippen LogP contribution < -0.4 is 5.30 Å². The zero-order valence-corrected chi connectivity index (χ0v) is 35.1. The van der Waals surface area contributed by atoms with E-state index in [1.54, 1.807) is 0 Å². The monoisotopic (exact) mass is 797 g/mol. The summed E-state index contributed by atoms with van der Waals surface area (Å²) in [5, 5.41) is 3.28. The first-order chi connectivity index (χ1) is 29.3. The maximum absolute atomic E-state index is 12.7. The van der Waals surface area contributed by atoms with Crippen LogP contribution in [-0.2, 0) is 9.98 Å².